The standard InChI is InChI=1S/C23H22FN5O3S/c24-18-11-5-4-7-15(18)13-25-19(30)16-8-6-12-29(14-16)23(32)22-28-27-21(33-22)20(31)26-17-9-2-1-3-10-17/h1-5,7,9-11,16H,6,8,12-14H2,(H,25,30)(H,26,31)/t16-/m1/s1. The molecule has 1 fully saturated rings. The number of amides is 3. The summed E-state index contributed by atoms with van der Waals surface area (Å²) in [5.41, 5.74) is 1.02. The molecule has 0 bridgehead atoms. The molecule has 1 aliphatic rings. The molecule has 33 heavy (non-hydrogen) atoms. The number of carbonyl (C=O) groups excluding carboxylic acids is 3. The molecule has 8 nitrogen and oxygen atoms in total. The summed E-state index contributed by atoms with van der Waals surface area (Å²) >= 11 is 0.913. The third kappa shape index (κ3) is 5.58. The zero-order valence-electron chi connectivity index (χ0n) is 17.7. The summed E-state index contributed by atoms with van der Waals surface area (Å²) in [6.07, 6.45) is 1.29. The fraction of sp³-hybridized carbons (Fsp3) is 0.261. The number of carbonyl (C=O) groups is 3. The lowest BCUT2D eigenvalue weighted by molar-refractivity contribution is -0.126. The van der Waals surface area contributed by atoms with Crippen LogP contribution >= 0.6 is 11.3 Å². The highest BCUT2D eigenvalue weighted by atomic mass is 32.1. The number of hydrogen-bond donors (Lipinski definition) is 2. The monoisotopic (exact) mass is 467 g/mol. The van der Waals surface area contributed by atoms with Crippen LogP contribution in [0.15, 0.2) is 54.6 Å². The van der Waals surface area contributed by atoms with E-state index in [1.807, 2.05) is 6.07 Å². The average Bonchev–Trinajstić information content (AvgIpc) is 3.34. The number of aromatic nitrogens is 2. The van der Waals surface area contributed by atoms with E-state index in [0.29, 0.717) is 30.6 Å². The van der Waals surface area contributed by atoms with Crippen LogP contribution in [0.4, 0.5) is 10.1 Å². The van der Waals surface area contributed by atoms with Gasteiger partial charge in [0.2, 0.25) is 15.9 Å². The molecule has 3 amide bonds. The average molecular weight is 468 g/mol. The van der Waals surface area contributed by atoms with Gasteiger partial charge in [0.25, 0.3) is 11.8 Å². The van der Waals surface area contributed by atoms with E-state index in [1.54, 1.807) is 47.4 Å². The Bertz CT molecular complexity index is 1150. The number of halogens is 1. The van der Waals surface area contributed by atoms with Crippen molar-refractivity contribution in [1.29, 1.82) is 0 Å². The van der Waals surface area contributed by atoms with Gasteiger partial charge in [-0.15, -0.1) is 10.2 Å². The van der Waals surface area contributed by atoms with Crippen molar-refractivity contribution in [2.45, 2.75) is 19.4 Å². The molecule has 0 spiro atoms. The second-order valence-corrected chi connectivity index (χ2v) is 8.61. The smallest absolute Gasteiger partial charge is 0.286 e. The first-order valence-electron chi connectivity index (χ1n) is 10.5. The van der Waals surface area contributed by atoms with E-state index in [-0.39, 0.29) is 40.7 Å². The van der Waals surface area contributed by atoms with Crippen molar-refractivity contribution in [1.82, 2.24) is 20.4 Å². The molecule has 10 heteroatoms. The van der Waals surface area contributed by atoms with Gasteiger partial charge < -0.3 is 15.5 Å². The van der Waals surface area contributed by atoms with Crippen molar-refractivity contribution in [3.05, 3.63) is 76.0 Å². The van der Waals surface area contributed by atoms with Crippen LogP contribution in [0.25, 0.3) is 0 Å². The molecule has 0 radical (unpaired) electrons. The van der Waals surface area contributed by atoms with Crippen LogP contribution in [-0.2, 0) is 11.3 Å². The summed E-state index contributed by atoms with van der Waals surface area (Å²) in [5.74, 6) is -1.81. The van der Waals surface area contributed by atoms with Gasteiger partial charge in [-0.2, -0.15) is 0 Å². The predicted molar refractivity (Wildman–Crippen MR) is 121 cm³/mol. The Morgan fingerprint density at radius 2 is 1.76 bits per heavy atom. The molecule has 0 unspecified atom stereocenters. The largest absolute Gasteiger partial charge is 0.352 e. The van der Waals surface area contributed by atoms with Crippen LogP contribution in [0.3, 0.4) is 0 Å². The molecule has 3 aromatic rings. The Labute approximate surface area is 193 Å². The summed E-state index contributed by atoms with van der Waals surface area (Å²) in [5, 5.41) is 13.4. The Balaban J connectivity index is 1.34. The minimum absolute atomic E-state index is 0.0818. The highest BCUT2D eigenvalue weighted by Crippen LogP contribution is 2.21. The van der Waals surface area contributed by atoms with E-state index in [4.69, 9.17) is 0 Å². The minimum atomic E-state index is -0.443. The molecule has 4 rings (SSSR count). The highest BCUT2D eigenvalue weighted by molar-refractivity contribution is 7.15. The molecule has 2 aromatic carbocycles. The molecule has 2 N–H and O–H groups in total. The summed E-state index contributed by atoms with van der Waals surface area (Å²) in [6.45, 7) is 0.806. The Hall–Kier alpha value is -3.66. The molecule has 0 aliphatic carbocycles. The Morgan fingerprint density at radius 3 is 2.55 bits per heavy atom. The maximum Gasteiger partial charge on any atom is 0.286 e. The number of likely N-dealkylation sites (tertiary alicyclic amines) is 1. The highest BCUT2D eigenvalue weighted by Gasteiger charge is 2.31. The SMILES string of the molecule is O=C(Nc1ccccc1)c1nnc(C(=O)N2CCC[C@@H](C(=O)NCc3ccccc3F)C2)s1. The number of nitrogens with one attached hydrogen (secondary N) is 2. The van der Waals surface area contributed by atoms with Gasteiger partial charge in [0.1, 0.15) is 5.82 Å². The van der Waals surface area contributed by atoms with Crippen LogP contribution in [0.2, 0.25) is 0 Å². The summed E-state index contributed by atoms with van der Waals surface area (Å²) in [7, 11) is 0. The number of para-hydroxylation sites is 1. The Morgan fingerprint density at radius 1 is 1.03 bits per heavy atom. The third-order valence-corrected chi connectivity index (χ3v) is 6.23. The number of piperidine rings is 1. The molecular weight excluding hydrogens is 445 g/mol. The number of rotatable bonds is 6. The van der Waals surface area contributed by atoms with Gasteiger partial charge >= 0.3 is 0 Å². The fourth-order valence-electron chi connectivity index (χ4n) is 3.59. The van der Waals surface area contributed by atoms with Gasteiger partial charge in [-0.3, -0.25) is 14.4 Å². The van der Waals surface area contributed by atoms with E-state index in [1.165, 1.54) is 6.07 Å². The second kappa shape index (κ2) is 10.3. The maximum absolute atomic E-state index is 13.8. The molecule has 1 saturated heterocycles. The molecule has 1 atom stereocenters. The van der Waals surface area contributed by atoms with Gasteiger partial charge in [0.05, 0.1) is 5.92 Å². The quantitative estimate of drug-likeness (QED) is 0.580. The molecular formula is C23H22FN5O3S. The van der Waals surface area contributed by atoms with Crippen molar-refractivity contribution in [3.8, 4) is 0 Å². The lowest BCUT2D eigenvalue weighted by Gasteiger charge is -2.31. The minimum Gasteiger partial charge on any atom is -0.352 e. The van der Waals surface area contributed by atoms with Crippen LogP contribution in [-0.4, -0.2) is 45.9 Å². The molecule has 2 heterocycles. The first-order valence-corrected chi connectivity index (χ1v) is 11.3. The van der Waals surface area contributed by atoms with Gasteiger partial charge in [0.15, 0.2) is 0 Å². The maximum atomic E-state index is 13.8. The molecule has 0 saturated carbocycles. The second-order valence-electron chi connectivity index (χ2n) is 7.63. The van der Waals surface area contributed by atoms with Gasteiger partial charge in [-0.05, 0) is 31.0 Å². The number of hydrogen-bond acceptors (Lipinski definition) is 6. The molecule has 170 valence electrons. The fourth-order valence-corrected chi connectivity index (χ4v) is 4.29. The lowest BCUT2D eigenvalue weighted by Crippen LogP contribution is -2.45. The van der Waals surface area contributed by atoms with Crippen molar-refractivity contribution in [2.24, 2.45) is 5.92 Å². The van der Waals surface area contributed by atoms with Crippen LogP contribution in [0.5, 0.6) is 0 Å². The predicted octanol–water partition coefficient (Wildman–Crippen LogP) is 3.10. The zero-order chi connectivity index (χ0) is 23.2. The third-order valence-electron chi connectivity index (χ3n) is 5.32. The summed E-state index contributed by atoms with van der Waals surface area (Å²) in [4.78, 5) is 39.4. The van der Waals surface area contributed by atoms with Crippen molar-refractivity contribution < 1.29 is 18.8 Å². The molecule has 1 aromatic heterocycles. The van der Waals surface area contributed by atoms with E-state index >= 15 is 0 Å². The van der Waals surface area contributed by atoms with E-state index in [2.05, 4.69) is 20.8 Å². The summed E-state index contributed by atoms with van der Waals surface area (Å²) < 4.78 is 13.8. The number of anilines is 1. The van der Waals surface area contributed by atoms with Crippen LogP contribution in [0, 0.1) is 11.7 Å². The first-order chi connectivity index (χ1) is 16.0. The van der Waals surface area contributed by atoms with Gasteiger partial charge in [-0.1, -0.05) is 47.7 Å². The van der Waals surface area contributed by atoms with Crippen LogP contribution in [0.1, 0.15) is 38.0 Å². The first kappa shape index (κ1) is 22.5. The summed E-state index contributed by atoms with van der Waals surface area (Å²) in [6, 6.07) is 15.2. The van der Waals surface area contributed by atoms with E-state index in [0.717, 1.165) is 11.3 Å². The lowest BCUT2D eigenvalue weighted by atomic mass is 9.97. The van der Waals surface area contributed by atoms with Crippen molar-refractivity contribution in [3.63, 3.8) is 0 Å². The van der Waals surface area contributed by atoms with Crippen LogP contribution < -0.4 is 10.6 Å². The normalized spacial score (nSPS) is 15.7. The van der Waals surface area contributed by atoms with Gasteiger partial charge in [0, 0.05) is 30.9 Å². The van der Waals surface area contributed by atoms with E-state index in [9.17, 15) is 18.8 Å². The van der Waals surface area contributed by atoms with Crippen molar-refractivity contribution >= 4 is 34.7 Å². The van der Waals surface area contributed by atoms with E-state index < -0.39 is 11.8 Å². The van der Waals surface area contributed by atoms with Crippen molar-refractivity contribution in [2.75, 3.05) is 18.4 Å². The Kier molecular flexibility index (Phi) is 7.04. The number of benzene rings is 2. The zero-order valence-corrected chi connectivity index (χ0v) is 18.5. The number of nitrogens with zero attached hydrogens (tertiary/aromatic N) is 3. The molecule has 1 aliphatic heterocycles. The topological polar surface area (TPSA) is 104 Å². The van der Waals surface area contributed by atoms with Gasteiger partial charge in [-0.25, -0.2) is 4.39 Å².